The number of rotatable bonds is 14. The fourth-order valence-corrected chi connectivity index (χ4v) is 6.10. The number of benzene rings is 2. The van der Waals surface area contributed by atoms with Crippen LogP contribution < -0.4 is 11.1 Å². The molecule has 0 unspecified atom stereocenters. The molecule has 9 heteroatoms. The predicted molar refractivity (Wildman–Crippen MR) is 176 cm³/mol. The van der Waals surface area contributed by atoms with Crippen LogP contribution >= 0.6 is 11.3 Å². The minimum Gasteiger partial charge on any atom is -0.392 e. The molecule has 0 saturated heterocycles. The molecule has 44 heavy (non-hydrogen) atoms. The van der Waals surface area contributed by atoms with Gasteiger partial charge in [-0.3, -0.25) is 14.4 Å². The molecule has 3 aromatic rings. The van der Waals surface area contributed by atoms with Crippen LogP contribution in [0.25, 0.3) is 11.1 Å². The van der Waals surface area contributed by atoms with Gasteiger partial charge in [0, 0.05) is 43.9 Å². The highest BCUT2D eigenvalue weighted by atomic mass is 32.1. The average molecular weight is 617 g/mol. The summed E-state index contributed by atoms with van der Waals surface area (Å²) in [5.41, 5.74) is 9.13. The summed E-state index contributed by atoms with van der Waals surface area (Å²) < 4.78 is 0. The molecule has 4 N–H and O–H groups in total. The zero-order valence-corrected chi connectivity index (χ0v) is 26.6. The van der Waals surface area contributed by atoms with E-state index in [1.807, 2.05) is 72.1 Å². The number of hydrogen-bond donors (Lipinski definition) is 3. The summed E-state index contributed by atoms with van der Waals surface area (Å²) in [6, 6.07) is 20.2. The molecule has 1 heterocycles. The number of nitrogens with one attached hydrogen (secondary N) is 1. The summed E-state index contributed by atoms with van der Waals surface area (Å²) in [6.45, 7) is 1.67. The standard InChI is InChI=1S/C35H44N4O4S/c1-25(40)24-37-33(42)30(23-29-12-8-21-44-29)39(3)34(43)31(38(2)32(41)13-7-18-35(36)19-9-20-35)22-26-14-16-28(17-15-26)27-10-5-4-6-11-27/h4-8,10-17,21,25,30-31,40H,9,18-20,22-24,36H2,1-3H3,(H,37,42)/b13-7+/t25-,30-,31-/m1/s1. The van der Waals surface area contributed by atoms with E-state index in [1.54, 1.807) is 27.1 Å². The van der Waals surface area contributed by atoms with Crippen molar-refractivity contribution in [2.24, 2.45) is 5.73 Å². The lowest BCUT2D eigenvalue weighted by Crippen LogP contribution is -2.56. The Morgan fingerprint density at radius 2 is 1.64 bits per heavy atom. The molecule has 1 aliphatic carbocycles. The van der Waals surface area contributed by atoms with Crippen molar-refractivity contribution in [2.75, 3.05) is 20.6 Å². The molecule has 1 aromatic heterocycles. The number of nitrogens with two attached hydrogens (primary N) is 1. The van der Waals surface area contributed by atoms with E-state index in [1.165, 1.54) is 27.2 Å². The third kappa shape index (κ3) is 8.87. The third-order valence-electron chi connectivity index (χ3n) is 8.39. The van der Waals surface area contributed by atoms with Crippen molar-refractivity contribution in [1.29, 1.82) is 0 Å². The van der Waals surface area contributed by atoms with Gasteiger partial charge in [-0.1, -0.05) is 66.7 Å². The molecule has 234 valence electrons. The molecule has 2 aromatic carbocycles. The number of amides is 3. The molecule has 0 spiro atoms. The SMILES string of the molecule is C[C@@H](O)CNC(=O)[C@@H](Cc1cccs1)N(C)C(=O)[C@@H](Cc1ccc(-c2ccccc2)cc1)N(C)C(=O)/C=C/CC1(N)CCC1. The number of aliphatic hydroxyl groups excluding tert-OH is 1. The monoisotopic (exact) mass is 616 g/mol. The van der Waals surface area contributed by atoms with E-state index in [9.17, 15) is 19.5 Å². The van der Waals surface area contributed by atoms with E-state index in [0.717, 1.165) is 40.8 Å². The highest BCUT2D eigenvalue weighted by Gasteiger charge is 2.35. The maximum Gasteiger partial charge on any atom is 0.246 e. The van der Waals surface area contributed by atoms with Crippen molar-refractivity contribution in [3.63, 3.8) is 0 Å². The fraction of sp³-hybridized carbons (Fsp3) is 0.400. The van der Waals surface area contributed by atoms with Gasteiger partial charge in [0.25, 0.3) is 0 Å². The first-order valence-electron chi connectivity index (χ1n) is 15.2. The number of thiophene rings is 1. The Hall–Kier alpha value is -3.79. The largest absolute Gasteiger partial charge is 0.392 e. The van der Waals surface area contributed by atoms with Crippen molar-refractivity contribution < 1.29 is 19.5 Å². The van der Waals surface area contributed by atoms with Crippen molar-refractivity contribution in [2.45, 2.75) is 69.2 Å². The third-order valence-corrected chi connectivity index (χ3v) is 9.29. The fourth-order valence-electron chi connectivity index (χ4n) is 5.36. The highest BCUT2D eigenvalue weighted by molar-refractivity contribution is 7.09. The number of likely N-dealkylation sites (N-methyl/N-ethyl adjacent to an activating group) is 2. The van der Waals surface area contributed by atoms with Crippen LogP contribution in [-0.4, -0.2) is 77.0 Å². The van der Waals surface area contributed by atoms with Gasteiger partial charge in [-0.2, -0.15) is 0 Å². The number of nitrogens with zero attached hydrogens (tertiary/aromatic N) is 2. The van der Waals surface area contributed by atoms with Crippen LogP contribution in [0.5, 0.6) is 0 Å². The molecule has 1 saturated carbocycles. The lowest BCUT2D eigenvalue weighted by atomic mass is 9.75. The second-order valence-corrected chi connectivity index (χ2v) is 12.9. The van der Waals surface area contributed by atoms with Gasteiger partial charge in [0.2, 0.25) is 17.7 Å². The smallest absolute Gasteiger partial charge is 0.246 e. The Morgan fingerprint density at radius 3 is 2.23 bits per heavy atom. The van der Waals surface area contributed by atoms with Gasteiger partial charge < -0.3 is 26.0 Å². The second-order valence-electron chi connectivity index (χ2n) is 11.9. The van der Waals surface area contributed by atoms with Crippen molar-refractivity contribution >= 4 is 29.1 Å². The van der Waals surface area contributed by atoms with E-state index in [4.69, 9.17) is 5.73 Å². The van der Waals surface area contributed by atoms with Crippen molar-refractivity contribution in [3.8, 4) is 11.1 Å². The summed E-state index contributed by atoms with van der Waals surface area (Å²) in [7, 11) is 3.24. The molecule has 0 bridgehead atoms. The van der Waals surface area contributed by atoms with Gasteiger partial charge in [0.15, 0.2) is 0 Å². The van der Waals surface area contributed by atoms with Crippen molar-refractivity contribution in [3.05, 3.63) is 94.7 Å². The first kappa shape index (κ1) is 33.1. The van der Waals surface area contributed by atoms with Gasteiger partial charge in [-0.05, 0) is 66.8 Å². The lowest BCUT2D eigenvalue weighted by Gasteiger charge is -2.37. The lowest BCUT2D eigenvalue weighted by molar-refractivity contribution is -0.146. The minimum atomic E-state index is -0.856. The molecule has 0 radical (unpaired) electrons. The van der Waals surface area contributed by atoms with Crippen molar-refractivity contribution in [1.82, 2.24) is 15.1 Å². The zero-order valence-electron chi connectivity index (χ0n) is 25.8. The maximum atomic E-state index is 14.2. The van der Waals surface area contributed by atoms with Gasteiger partial charge >= 0.3 is 0 Å². The molecule has 3 atom stereocenters. The Bertz CT molecular complexity index is 1400. The van der Waals surface area contributed by atoms with E-state index in [0.29, 0.717) is 12.8 Å². The zero-order chi connectivity index (χ0) is 31.7. The summed E-state index contributed by atoms with van der Waals surface area (Å²) in [5, 5.41) is 14.4. The Kier molecular flexibility index (Phi) is 11.5. The molecule has 1 aliphatic rings. The van der Waals surface area contributed by atoms with Crippen LogP contribution in [0.4, 0.5) is 0 Å². The van der Waals surface area contributed by atoms with Gasteiger partial charge in [-0.15, -0.1) is 11.3 Å². The Balaban J connectivity index is 1.58. The topological polar surface area (TPSA) is 116 Å². The molecule has 3 amide bonds. The van der Waals surface area contributed by atoms with Crippen LogP contribution in [0, 0.1) is 0 Å². The summed E-state index contributed by atoms with van der Waals surface area (Å²) in [5.74, 6) is -0.998. The number of hydrogen-bond acceptors (Lipinski definition) is 6. The first-order valence-corrected chi connectivity index (χ1v) is 16.1. The number of carbonyl (C=O) groups excluding carboxylic acids is 3. The summed E-state index contributed by atoms with van der Waals surface area (Å²) in [4.78, 5) is 44.8. The minimum absolute atomic E-state index is 0.0742. The Morgan fingerprint density at radius 1 is 0.955 bits per heavy atom. The van der Waals surface area contributed by atoms with Crippen LogP contribution in [0.15, 0.2) is 84.3 Å². The molecule has 0 aliphatic heterocycles. The maximum absolute atomic E-state index is 14.2. The highest BCUT2D eigenvalue weighted by Crippen LogP contribution is 2.32. The number of aliphatic hydroxyl groups is 1. The molecular formula is C35H44N4O4S. The molecular weight excluding hydrogens is 572 g/mol. The average Bonchev–Trinajstić information content (AvgIpc) is 3.53. The Labute approximate surface area is 264 Å². The van der Waals surface area contributed by atoms with Crippen LogP contribution in [-0.2, 0) is 27.2 Å². The first-order chi connectivity index (χ1) is 21.1. The predicted octanol–water partition coefficient (Wildman–Crippen LogP) is 4.18. The van der Waals surface area contributed by atoms with E-state index in [2.05, 4.69) is 5.32 Å². The van der Waals surface area contributed by atoms with E-state index >= 15 is 0 Å². The van der Waals surface area contributed by atoms with Gasteiger partial charge in [-0.25, -0.2) is 0 Å². The normalized spacial score (nSPS) is 16.0. The number of carbonyl (C=O) groups is 3. The van der Waals surface area contributed by atoms with Gasteiger partial charge in [0.05, 0.1) is 6.10 Å². The molecule has 8 nitrogen and oxygen atoms in total. The second kappa shape index (κ2) is 15.3. The van der Waals surface area contributed by atoms with Crippen LogP contribution in [0.1, 0.15) is 43.0 Å². The van der Waals surface area contributed by atoms with Crippen LogP contribution in [0.3, 0.4) is 0 Å². The quantitative estimate of drug-likeness (QED) is 0.235. The van der Waals surface area contributed by atoms with Crippen LogP contribution in [0.2, 0.25) is 0 Å². The van der Waals surface area contributed by atoms with Gasteiger partial charge in [0.1, 0.15) is 12.1 Å². The van der Waals surface area contributed by atoms with E-state index < -0.39 is 18.2 Å². The summed E-state index contributed by atoms with van der Waals surface area (Å²) in [6.07, 6.45) is 6.77. The molecule has 1 fully saturated rings. The van der Waals surface area contributed by atoms with E-state index in [-0.39, 0.29) is 36.2 Å². The summed E-state index contributed by atoms with van der Waals surface area (Å²) >= 11 is 1.51. The molecule has 4 rings (SSSR count).